The Morgan fingerprint density at radius 3 is 1.76 bits per heavy atom. The van der Waals surface area contributed by atoms with E-state index >= 15 is 0 Å². The third-order valence-electron chi connectivity index (χ3n) is 9.29. The number of aromatic nitrogens is 2. The van der Waals surface area contributed by atoms with Gasteiger partial charge in [0.2, 0.25) is 0 Å². The fourth-order valence-electron chi connectivity index (χ4n) is 6.85. The molecule has 0 aliphatic carbocycles. The molecule has 0 bridgehead atoms. The van der Waals surface area contributed by atoms with Crippen molar-refractivity contribution in [1.82, 2.24) is 9.97 Å². The summed E-state index contributed by atoms with van der Waals surface area (Å²) in [5, 5.41) is 5.60. The number of nitrogens with zero attached hydrogens (tertiary/aromatic N) is 2. The lowest BCUT2D eigenvalue weighted by Crippen LogP contribution is -1.87. The number of furan rings is 2. The highest BCUT2D eigenvalue weighted by atomic mass is 16.3. The maximum atomic E-state index is 6.26. The van der Waals surface area contributed by atoms with Gasteiger partial charge in [-0.15, -0.1) is 0 Å². The SMILES string of the molecule is C=Cc1oc2c(-c3ccc(-c4ccc5ccc(-c6ccc(-c7cccc8c7oc7ccccc78)nc6)cc5c4)cn3)cccc2c1/C=C\C. The fourth-order valence-corrected chi connectivity index (χ4v) is 6.85. The quantitative estimate of drug-likeness (QED) is 0.183. The van der Waals surface area contributed by atoms with Gasteiger partial charge in [-0.05, 0) is 77.4 Å². The van der Waals surface area contributed by atoms with Crippen LogP contribution in [-0.4, -0.2) is 9.97 Å². The zero-order valence-corrected chi connectivity index (χ0v) is 26.9. The lowest BCUT2D eigenvalue weighted by Gasteiger charge is -2.09. The Bertz CT molecular complexity index is 2730. The first-order valence-corrected chi connectivity index (χ1v) is 16.4. The van der Waals surface area contributed by atoms with Gasteiger partial charge in [0.1, 0.15) is 22.5 Å². The van der Waals surface area contributed by atoms with Gasteiger partial charge < -0.3 is 8.83 Å². The molecule has 0 atom stereocenters. The lowest BCUT2D eigenvalue weighted by atomic mass is 9.98. The van der Waals surface area contributed by atoms with Crippen LogP contribution in [0.2, 0.25) is 0 Å². The molecule has 4 heteroatoms. The molecule has 4 nitrogen and oxygen atoms in total. The average Bonchev–Trinajstić information content (AvgIpc) is 3.73. The van der Waals surface area contributed by atoms with Crippen LogP contribution in [0.3, 0.4) is 0 Å². The summed E-state index contributed by atoms with van der Waals surface area (Å²) in [4.78, 5) is 9.76. The zero-order chi connectivity index (χ0) is 32.9. The normalized spacial score (nSPS) is 11.8. The predicted octanol–water partition coefficient (Wildman–Crippen LogP) is 12.6. The van der Waals surface area contributed by atoms with E-state index in [0.29, 0.717) is 0 Å². The molecule has 0 amide bonds. The molecule has 0 radical (unpaired) electrons. The Labute approximate surface area is 283 Å². The molecular formula is C45H30N2O2. The van der Waals surface area contributed by atoms with Gasteiger partial charge in [-0.2, -0.15) is 0 Å². The molecule has 0 aliphatic heterocycles. The minimum atomic E-state index is 0.764. The smallest absolute Gasteiger partial charge is 0.144 e. The molecule has 4 aromatic heterocycles. The molecule has 0 unspecified atom stereocenters. The van der Waals surface area contributed by atoms with Crippen LogP contribution < -0.4 is 0 Å². The van der Waals surface area contributed by atoms with Gasteiger partial charge in [0.25, 0.3) is 0 Å². The van der Waals surface area contributed by atoms with Crippen molar-refractivity contribution in [3.8, 4) is 44.8 Å². The van der Waals surface area contributed by atoms with E-state index in [-0.39, 0.29) is 0 Å². The molecule has 0 spiro atoms. The number of allylic oxidation sites excluding steroid dienone is 1. The van der Waals surface area contributed by atoms with Gasteiger partial charge in [0.15, 0.2) is 0 Å². The van der Waals surface area contributed by atoms with Crippen molar-refractivity contribution in [2.75, 3.05) is 0 Å². The van der Waals surface area contributed by atoms with E-state index in [1.807, 2.05) is 49.7 Å². The molecule has 0 saturated carbocycles. The first kappa shape index (κ1) is 28.7. The van der Waals surface area contributed by atoms with Crippen molar-refractivity contribution >= 4 is 55.8 Å². The first-order chi connectivity index (χ1) is 24.2. The monoisotopic (exact) mass is 630 g/mol. The summed E-state index contributed by atoms with van der Waals surface area (Å²) in [6, 6.07) is 42.1. The molecule has 9 aromatic rings. The van der Waals surface area contributed by atoms with Crippen molar-refractivity contribution in [3.63, 3.8) is 0 Å². The number of rotatable bonds is 6. The van der Waals surface area contributed by atoms with Crippen LogP contribution in [0.25, 0.3) is 101 Å². The molecule has 0 aliphatic rings. The molecule has 0 saturated heterocycles. The third-order valence-corrected chi connectivity index (χ3v) is 9.29. The van der Waals surface area contributed by atoms with Crippen LogP contribution in [0.4, 0.5) is 0 Å². The van der Waals surface area contributed by atoms with Crippen LogP contribution in [0, 0.1) is 0 Å². The van der Waals surface area contributed by atoms with E-state index in [1.54, 1.807) is 6.08 Å². The maximum Gasteiger partial charge on any atom is 0.144 e. The average molecular weight is 631 g/mol. The van der Waals surface area contributed by atoms with E-state index in [4.69, 9.17) is 18.8 Å². The molecule has 5 aromatic carbocycles. The number of hydrogen-bond donors (Lipinski definition) is 0. The minimum absolute atomic E-state index is 0.764. The number of hydrogen-bond acceptors (Lipinski definition) is 4. The molecule has 0 N–H and O–H groups in total. The second-order valence-corrected chi connectivity index (χ2v) is 12.2. The highest BCUT2D eigenvalue weighted by molar-refractivity contribution is 6.09. The Morgan fingerprint density at radius 2 is 1.14 bits per heavy atom. The molecule has 232 valence electrons. The number of para-hydroxylation sites is 3. The van der Waals surface area contributed by atoms with Gasteiger partial charge in [-0.3, -0.25) is 9.97 Å². The number of benzene rings is 5. The highest BCUT2D eigenvalue weighted by Crippen LogP contribution is 2.37. The van der Waals surface area contributed by atoms with Gasteiger partial charge in [0, 0.05) is 56.4 Å². The number of fused-ring (bicyclic) bond motifs is 5. The summed E-state index contributed by atoms with van der Waals surface area (Å²) >= 11 is 0. The van der Waals surface area contributed by atoms with Crippen molar-refractivity contribution in [3.05, 3.63) is 158 Å². The lowest BCUT2D eigenvalue weighted by molar-refractivity contribution is 0.604. The van der Waals surface area contributed by atoms with E-state index in [0.717, 1.165) is 94.4 Å². The summed E-state index contributed by atoms with van der Waals surface area (Å²) in [7, 11) is 0. The largest absolute Gasteiger partial charge is 0.455 e. The van der Waals surface area contributed by atoms with Crippen molar-refractivity contribution in [2.24, 2.45) is 0 Å². The third kappa shape index (κ3) is 4.85. The summed E-state index contributed by atoms with van der Waals surface area (Å²) in [5.41, 5.74) is 11.6. The van der Waals surface area contributed by atoms with Crippen LogP contribution in [0.5, 0.6) is 0 Å². The van der Waals surface area contributed by atoms with E-state index in [9.17, 15) is 0 Å². The Balaban J connectivity index is 1.02. The maximum absolute atomic E-state index is 6.26. The van der Waals surface area contributed by atoms with Crippen molar-refractivity contribution in [2.45, 2.75) is 6.92 Å². The van der Waals surface area contributed by atoms with E-state index in [1.165, 1.54) is 5.39 Å². The summed E-state index contributed by atoms with van der Waals surface area (Å²) < 4.78 is 12.5. The van der Waals surface area contributed by atoms with Crippen LogP contribution >= 0.6 is 0 Å². The first-order valence-electron chi connectivity index (χ1n) is 16.4. The second-order valence-electron chi connectivity index (χ2n) is 12.2. The zero-order valence-electron chi connectivity index (χ0n) is 26.9. The minimum Gasteiger partial charge on any atom is -0.455 e. The fraction of sp³-hybridized carbons (Fsp3) is 0.0222. The van der Waals surface area contributed by atoms with Crippen LogP contribution in [0.15, 0.2) is 155 Å². The van der Waals surface area contributed by atoms with Crippen LogP contribution in [-0.2, 0) is 0 Å². The number of pyridine rings is 2. The van der Waals surface area contributed by atoms with Gasteiger partial charge >= 0.3 is 0 Å². The Hall–Kier alpha value is -6.52. The molecule has 4 heterocycles. The highest BCUT2D eigenvalue weighted by Gasteiger charge is 2.16. The molecule has 49 heavy (non-hydrogen) atoms. The molecular weight excluding hydrogens is 601 g/mol. The van der Waals surface area contributed by atoms with Gasteiger partial charge in [-0.25, -0.2) is 0 Å². The van der Waals surface area contributed by atoms with Gasteiger partial charge in [-0.1, -0.05) is 97.6 Å². The molecule has 0 fully saturated rings. The molecule has 9 rings (SSSR count). The van der Waals surface area contributed by atoms with Crippen molar-refractivity contribution < 1.29 is 8.83 Å². The Kier molecular flexibility index (Phi) is 6.80. The van der Waals surface area contributed by atoms with Crippen LogP contribution in [0.1, 0.15) is 18.2 Å². The second kappa shape index (κ2) is 11.6. The van der Waals surface area contributed by atoms with Gasteiger partial charge in [0.05, 0.1) is 11.4 Å². The predicted molar refractivity (Wildman–Crippen MR) is 203 cm³/mol. The summed E-state index contributed by atoms with van der Waals surface area (Å²) in [5.74, 6) is 0.764. The van der Waals surface area contributed by atoms with E-state index in [2.05, 4.69) is 110 Å². The van der Waals surface area contributed by atoms with Crippen molar-refractivity contribution in [1.29, 1.82) is 0 Å². The summed E-state index contributed by atoms with van der Waals surface area (Å²) in [6.07, 6.45) is 9.72. The summed E-state index contributed by atoms with van der Waals surface area (Å²) in [6.45, 7) is 5.94. The standard InChI is InChI=1S/C45H30N2O2/c1-3-9-34-36-11-7-13-38(44(36)48-42(34)4-2)40-22-20-31(26-46-40)29-18-16-28-17-19-30(25-33(28)24-29)32-21-23-41(47-27-32)39-14-8-12-37-35-10-5-6-15-43(35)49-45(37)39/h3-27H,2H2,1H3/b9-3-. The van der Waals surface area contributed by atoms with E-state index < -0.39 is 0 Å². The Morgan fingerprint density at radius 1 is 0.551 bits per heavy atom. The topological polar surface area (TPSA) is 52.1 Å².